The predicted molar refractivity (Wildman–Crippen MR) is 85.2 cm³/mol. The molecule has 1 aromatic carbocycles. The average Bonchev–Trinajstić information content (AvgIpc) is 2.98. The molecule has 1 aromatic rings. The zero-order valence-corrected chi connectivity index (χ0v) is 13.1. The Morgan fingerprint density at radius 2 is 2.10 bits per heavy atom. The fourth-order valence-corrected chi connectivity index (χ4v) is 3.11. The lowest BCUT2D eigenvalue weighted by molar-refractivity contribution is 0.267. The first kappa shape index (κ1) is 15.9. The Labute approximate surface area is 127 Å². The summed E-state index contributed by atoms with van der Waals surface area (Å²) in [7, 11) is 3.87. The number of rotatable bonds is 5. The third kappa shape index (κ3) is 4.77. The molecule has 0 atom stereocenters. The van der Waals surface area contributed by atoms with Crippen LogP contribution in [0.1, 0.15) is 36.8 Å². The van der Waals surface area contributed by atoms with Gasteiger partial charge in [-0.05, 0) is 44.0 Å². The zero-order chi connectivity index (χ0) is 15.1. The molecule has 1 aliphatic rings. The highest BCUT2D eigenvalue weighted by Crippen LogP contribution is 2.27. The van der Waals surface area contributed by atoms with E-state index in [0.29, 0.717) is 0 Å². The SMILES string of the molecule is COc1ccc(C#CCO)cc1CN(C)CC1CCCC1. The molecule has 3 nitrogen and oxygen atoms in total. The summed E-state index contributed by atoms with van der Waals surface area (Å²) < 4.78 is 5.45. The van der Waals surface area contributed by atoms with Crippen molar-refractivity contribution in [3.05, 3.63) is 29.3 Å². The normalized spacial score (nSPS) is 15.0. The molecule has 0 amide bonds. The van der Waals surface area contributed by atoms with Gasteiger partial charge in [0.2, 0.25) is 0 Å². The molecule has 0 bridgehead atoms. The molecule has 0 radical (unpaired) electrons. The molecular formula is C18H25NO2. The standard InChI is InChI=1S/C18H25NO2/c1-19(13-16-6-3-4-7-16)14-17-12-15(8-5-11-20)9-10-18(17)21-2/h9-10,12,16,20H,3-4,6-7,11,13-14H2,1-2H3. The van der Waals surface area contributed by atoms with Gasteiger partial charge in [-0.1, -0.05) is 24.7 Å². The molecule has 114 valence electrons. The summed E-state index contributed by atoms with van der Waals surface area (Å²) in [6, 6.07) is 5.95. The van der Waals surface area contributed by atoms with E-state index in [1.54, 1.807) is 7.11 Å². The van der Waals surface area contributed by atoms with Crippen LogP contribution in [0.5, 0.6) is 5.75 Å². The van der Waals surface area contributed by atoms with Gasteiger partial charge < -0.3 is 14.7 Å². The fraction of sp³-hybridized carbons (Fsp3) is 0.556. The lowest BCUT2D eigenvalue weighted by Crippen LogP contribution is -2.24. The van der Waals surface area contributed by atoms with E-state index in [0.717, 1.165) is 35.9 Å². The maximum absolute atomic E-state index is 8.80. The molecule has 1 aliphatic carbocycles. The van der Waals surface area contributed by atoms with Crippen molar-refractivity contribution in [1.29, 1.82) is 0 Å². The number of aliphatic hydroxyl groups excluding tert-OH is 1. The summed E-state index contributed by atoms with van der Waals surface area (Å²) in [5.41, 5.74) is 2.08. The first-order valence-corrected chi connectivity index (χ1v) is 7.68. The van der Waals surface area contributed by atoms with Crippen LogP contribution in [-0.4, -0.2) is 37.3 Å². The quantitative estimate of drug-likeness (QED) is 0.845. The second-order valence-corrected chi connectivity index (χ2v) is 5.83. The Morgan fingerprint density at radius 3 is 2.76 bits per heavy atom. The van der Waals surface area contributed by atoms with Crippen molar-refractivity contribution in [2.45, 2.75) is 32.2 Å². The van der Waals surface area contributed by atoms with E-state index >= 15 is 0 Å². The summed E-state index contributed by atoms with van der Waals surface area (Å²) >= 11 is 0. The van der Waals surface area contributed by atoms with Gasteiger partial charge >= 0.3 is 0 Å². The number of hydrogen-bond donors (Lipinski definition) is 1. The van der Waals surface area contributed by atoms with Crippen molar-refractivity contribution >= 4 is 0 Å². The largest absolute Gasteiger partial charge is 0.496 e. The third-order valence-electron chi connectivity index (χ3n) is 4.08. The maximum Gasteiger partial charge on any atom is 0.123 e. The van der Waals surface area contributed by atoms with Gasteiger partial charge in [0.15, 0.2) is 0 Å². The second-order valence-electron chi connectivity index (χ2n) is 5.83. The highest BCUT2D eigenvalue weighted by molar-refractivity contribution is 5.44. The van der Waals surface area contributed by atoms with Crippen LogP contribution in [0.3, 0.4) is 0 Å². The minimum atomic E-state index is -0.108. The summed E-state index contributed by atoms with van der Waals surface area (Å²) in [6.07, 6.45) is 5.50. The van der Waals surface area contributed by atoms with Crippen molar-refractivity contribution < 1.29 is 9.84 Å². The van der Waals surface area contributed by atoms with E-state index in [9.17, 15) is 0 Å². The van der Waals surface area contributed by atoms with E-state index in [4.69, 9.17) is 9.84 Å². The van der Waals surface area contributed by atoms with Crippen LogP contribution in [0.25, 0.3) is 0 Å². The molecule has 0 aliphatic heterocycles. The summed E-state index contributed by atoms with van der Waals surface area (Å²) in [5.74, 6) is 7.40. The highest BCUT2D eigenvalue weighted by atomic mass is 16.5. The van der Waals surface area contributed by atoms with Crippen molar-refractivity contribution in [2.24, 2.45) is 5.92 Å². The lowest BCUT2D eigenvalue weighted by atomic mass is 10.1. The van der Waals surface area contributed by atoms with Gasteiger partial charge in [-0.15, -0.1) is 0 Å². The molecule has 0 unspecified atom stereocenters. The Bertz CT molecular complexity index is 510. The zero-order valence-electron chi connectivity index (χ0n) is 13.1. The lowest BCUT2D eigenvalue weighted by Gasteiger charge is -2.22. The van der Waals surface area contributed by atoms with Crippen LogP contribution in [0.4, 0.5) is 0 Å². The molecule has 1 N–H and O–H groups in total. The molecule has 21 heavy (non-hydrogen) atoms. The van der Waals surface area contributed by atoms with Gasteiger partial charge in [0.05, 0.1) is 7.11 Å². The second kappa shape index (κ2) is 8.07. The average molecular weight is 287 g/mol. The van der Waals surface area contributed by atoms with Gasteiger partial charge in [0.1, 0.15) is 12.4 Å². The third-order valence-corrected chi connectivity index (χ3v) is 4.08. The number of ether oxygens (including phenoxy) is 1. The van der Waals surface area contributed by atoms with Crippen LogP contribution < -0.4 is 4.74 Å². The minimum Gasteiger partial charge on any atom is -0.496 e. The monoisotopic (exact) mass is 287 g/mol. The van der Waals surface area contributed by atoms with Crippen molar-refractivity contribution in [1.82, 2.24) is 4.90 Å². The van der Waals surface area contributed by atoms with Crippen molar-refractivity contribution in [3.8, 4) is 17.6 Å². The number of aliphatic hydroxyl groups is 1. The number of nitrogens with zero attached hydrogens (tertiary/aromatic N) is 1. The number of benzene rings is 1. The molecule has 1 saturated carbocycles. The van der Waals surface area contributed by atoms with Gasteiger partial charge in [0.25, 0.3) is 0 Å². The van der Waals surface area contributed by atoms with E-state index < -0.39 is 0 Å². The molecule has 0 aromatic heterocycles. The number of methoxy groups -OCH3 is 1. The minimum absolute atomic E-state index is 0.108. The van der Waals surface area contributed by atoms with Gasteiger partial charge in [0, 0.05) is 24.2 Å². The van der Waals surface area contributed by atoms with E-state index in [1.807, 2.05) is 12.1 Å². The van der Waals surface area contributed by atoms with Crippen molar-refractivity contribution in [2.75, 3.05) is 27.3 Å². The first-order chi connectivity index (χ1) is 10.2. The van der Waals surface area contributed by atoms with Gasteiger partial charge in [-0.25, -0.2) is 0 Å². The highest BCUT2D eigenvalue weighted by Gasteiger charge is 2.17. The molecule has 0 heterocycles. The molecule has 0 spiro atoms. The van der Waals surface area contributed by atoms with Crippen molar-refractivity contribution in [3.63, 3.8) is 0 Å². The Balaban J connectivity index is 2.05. The molecule has 1 fully saturated rings. The molecular weight excluding hydrogens is 262 g/mol. The molecule has 2 rings (SSSR count). The van der Waals surface area contributed by atoms with Crippen LogP contribution in [0, 0.1) is 17.8 Å². The summed E-state index contributed by atoms with van der Waals surface area (Å²) in [6.45, 7) is 1.91. The van der Waals surface area contributed by atoms with Gasteiger partial charge in [-0.2, -0.15) is 0 Å². The van der Waals surface area contributed by atoms with Crippen LogP contribution >= 0.6 is 0 Å². The maximum atomic E-state index is 8.80. The van der Waals surface area contributed by atoms with Crippen LogP contribution in [0.15, 0.2) is 18.2 Å². The summed E-state index contributed by atoms with van der Waals surface area (Å²) in [5, 5.41) is 8.80. The van der Waals surface area contributed by atoms with Crippen LogP contribution in [0.2, 0.25) is 0 Å². The first-order valence-electron chi connectivity index (χ1n) is 7.68. The Morgan fingerprint density at radius 1 is 1.33 bits per heavy atom. The van der Waals surface area contributed by atoms with E-state index in [1.165, 1.54) is 25.7 Å². The summed E-state index contributed by atoms with van der Waals surface area (Å²) in [4.78, 5) is 2.37. The molecule has 0 saturated heterocycles. The molecule has 3 heteroatoms. The van der Waals surface area contributed by atoms with Gasteiger partial charge in [-0.3, -0.25) is 0 Å². The smallest absolute Gasteiger partial charge is 0.123 e. The van der Waals surface area contributed by atoms with E-state index in [-0.39, 0.29) is 6.61 Å². The Kier molecular flexibility index (Phi) is 6.10. The van der Waals surface area contributed by atoms with E-state index in [2.05, 4.69) is 29.9 Å². The fourth-order valence-electron chi connectivity index (χ4n) is 3.11. The topological polar surface area (TPSA) is 32.7 Å². The Hall–Kier alpha value is -1.50. The number of hydrogen-bond acceptors (Lipinski definition) is 3. The van der Waals surface area contributed by atoms with Crippen LogP contribution in [-0.2, 0) is 6.54 Å². The predicted octanol–water partition coefficient (Wildman–Crippen LogP) is 2.66.